The summed E-state index contributed by atoms with van der Waals surface area (Å²) in [5.41, 5.74) is -0.467. The first-order valence-corrected chi connectivity index (χ1v) is 8.81. The van der Waals surface area contributed by atoms with Gasteiger partial charge in [0.05, 0.1) is 25.0 Å². The number of carbonyl (C=O) groups is 2. The lowest BCUT2D eigenvalue weighted by molar-refractivity contribution is -0.187. The van der Waals surface area contributed by atoms with Crippen LogP contribution in [-0.2, 0) is 19.1 Å². The number of nitrogens with one attached hydrogen (secondary N) is 1. The summed E-state index contributed by atoms with van der Waals surface area (Å²) in [6.07, 6.45) is 1.63. The number of anilines is 1. The Morgan fingerprint density at radius 1 is 1.08 bits per heavy atom. The molecule has 140 valence electrons. The lowest BCUT2D eigenvalue weighted by Crippen LogP contribution is -2.48. The number of likely N-dealkylation sites (tertiary alicyclic amines) is 1. The van der Waals surface area contributed by atoms with E-state index in [9.17, 15) is 18.4 Å². The minimum Gasteiger partial charge on any atom is -0.347 e. The molecule has 0 aromatic heterocycles. The number of amides is 2. The van der Waals surface area contributed by atoms with Gasteiger partial charge in [-0.3, -0.25) is 9.59 Å². The van der Waals surface area contributed by atoms with Gasteiger partial charge in [0.15, 0.2) is 5.79 Å². The molecule has 1 spiro atoms. The van der Waals surface area contributed by atoms with Gasteiger partial charge in [-0.2, -0.15) is 0 Å². The van der Waals surface area contributed by atoms with Crippen molar-refractivity contribution in [3.63, 3.8) is 0 Å². The summed E-state index contributed by atoms with van der Waals surface area (Å²) in [6, 6.07) is 3.38. The molecule has 2 aliphatic heterocycles. The SMILES string of the molecule is O=C(Nc1c(F)cccc1F)C1CC1C(=O)N1CCC2(CC1)OCCO2. The maximum absolute atomic E-state index is 13.6. The summed E-state index contributed by atoms with van der Waals surface area (Å²) in [4.78, 5) is 26.5. The number of ether oxygens (including phenoxy) is 2. The zero-order valence-electron chi connectivity index (χ0n) is 14.2. The molecule has 2 amide bonds. The molecule has 3 aliphatic rings. The molecule has 2 saturated heterocycles. The van der Waals surface area contributed by atoms with Gasteiger partial charge in [0.1, 0.15) is 17.3 Å². The number of benzene rings is 1. The molecule has 2 unspecified atom stereocenters. The van der Waals surface area contributed by atoms with E-state index in [2.05, 4.69) is 5.32 Å². The fourth-order valence-corrected chi connectivity index (χ4v) is 3.68. The molecule has 0 bridgehead atoms. The average Bonchev–Trinajstić information content (AvgIpc) is 3.32. The Bertz CT molecular complexity index is 706. The van der Waals surface area contributed by atoms with Gasteiger partial charge in [-0.25, -0.2) is 8.78 Å². The first-order valence-electron chi connectivity index (χ1n) is 8.81. The topological polar surface area (TPSA) is 67.9 Å². The van der Waals surface area contributed by atoms with Gasteiger partial charge < -0.3 is 19.7 Å². The Hall–Kier alpha value is -2.06. The summed E-state index contributed by atoms with van der Waals surface area (Å²) in [5.74, 6) is -3.81. The fourth-order valence-electron chi connectivity index (χ4n) is 3.68. The Balaban J connectivity index is 1.32. The maximum Gasteiger partial charge on any atom is 0.228 e. The highest BCUT2D eigenvalue weighted by Crippen LogP contribution is 2.42. The van der Waals surface area contributed by atoms with Crippen molar-refractivity contribution in [1.29, 1.82) is 0 Å². The summed E-state index contributed by atoms with van der Waals surface area (Å²) in [5, 5.41) is 2.27. The van der Waals surface area contributed by atoms with Crippen molar-refractivity contribution in [2.75, 3.05) is 31.6 Å². The molecule has 1 aromatic rings. The molecule has 0 radical (unpaired) electrons. The Morgan fingerprint density at radius 3 is 2.31 bits per heavy atom. The molecule has 1 aromatic carbocycles. The molecule has 3 fully saturated rings. The first kappa shape index (κ1) is 17.4. The lowest BCUT2D eigenvalue weighted by atomic mass is 10.0. The zero-order chi connectivity index (χ0) is 18.3. The Morgan fingerprint density at radius 2 is 1.69 bits per heavy atom. The monoisotopic (exact) mass is 366 g/mol. The van der Waals surface area contributed by atoms with E-state index in [0.29, 0.717) is 45.6 Å². The van der Waals surface area contributed by atoms with Gasteiger partial charge in [0, 0.05) is 25.9 Å². The van der Waals surface area contributed by atoms with Crippen LogP contribution in [0, 0.1) is 23.5 Å². The van der Waals surface area contributed by atoms with Crippen molar-refractivity contribution in [2.24, 2.45) is 11.8 Å². The molecular formula is C18H20F2N2O4. The lowest BCUT2D eigenvalue weighted by Gasteiger charge is -2.37. The summed E-state index contributed by atoms with van der Waals surface area (Å²) >= 11 is 0. The molecule has 1 aliphatic carbocycles. The molecule has 1 saturated carbocycles. The van der Waals surface area contributed by atoms with Crippen LogP contribution in [0.2, 0.25) is 0 Å². The average molecular weight is 366 g/mol. The highest BCUT2D eigenvalue weighted by atomic mass is 19.1. The molecule has 1 N–H and O–H groups in total. The van der Waals surface area contributed by atoms with Crippen LogP contribution < -0.4 is 5.32 Å². The number of halogens is 2. The van der Waals surface area contributed by atoms with Crippen molar-refractivity contribution in [1.82, 2.24) is 4.90 Å². The third-order valence-electron chi connectivity index (χ3n) is 5.31. The summed E-state index contributed by atoms with van der Waals surface area (Å²) in [7, 11) is 0. The second-order valence-electron chi connectivity index (χ2n) is 6.97. The van der Waals surface area contributed by atoms with E-state index >= 15 is 0 Å². The molecule has 4 rings (SSSR count). The van der Waals surface area contributed by atoms with Crippen molar-refractivity contribution in [3.8, 4) is 0 Å². The number of rotatable bonds is 3. The van der Waals surface area contributed by atoms with E-state index < -0.39 is 40.9 Å². The van der Waals surface area contributed by atoms with E-state index in [1.54, 1.807) is 4.90 Å². The summed E-state index contributed by atoms with van der Waals surface area (Å²) < 4.78 is 38.5. The van der Waals surface area contributed by atoms with Gasteiger partial charge >= 0.3 is 0 Å². The van der Waals surface area contributed by atoms with Crippen molar-refractivity contribution in [2.45, 2.75) is 25.0 Å². The van der Waals surface area contributed by atoms with E-state index in [1.165, 1.54) is 6.07 Å². The van der Waals surface area contributed by atoms with Crippen molar-refractivity contribution >= 4 is 17.5 Å². The minimum absolute atomic E-state index is 0.0907. The fraction of sp³-hybridized carbons (Fsp3) is 0.556. The van der Waals surface area contributed by atoms with E-state index in [1.807, 2.05) is 0 Å². The number of para-hydroxylation sites is 1. The molecule has 6 nitrogen and oxygen atoms in total. The van der Waals surface area contributed by atoms with Gasteiger partial charge in [-0.15, -0.1) is 0 Å². The predicted octanol–water partition coefficient (Wildman–Crippen LogP) is 1.90. The van der Waals surface area contributed by atoms with Gasteiger partial charge in [-0.1, -0.05) is 6.07 Å². The second kappa shape index (κ2) is 6.59. The third-order valence-corrected chi connectivity index (χ3v) is 5.31. The quantitative estimate of drug-likeness (QED) is 0.887. The van der Waals surface area contributed by atoms with Crippen LogP contribution in [0.5, 0.6) is 0 Å². The molecule has 2 atom stereocenters. The van der Waals surface area contributed by atoms with E-state index in [0.717, 1.165) is 12.1 Å². The van der Waals surface area contributed by atoms with Crippen LogP contribution in [0.3, 0.4) is 0 Å². The maximum atomic E-state index is 13.6. The van der Waals surface area contributed by atoms with Gasteiger partial charge in [-0.05, 0) is 18.6 Å². The van der Waals surface area contributed by atoms with Crippen LogP contribution in [0.4, 0.5) is 14.5 Å². The highest BCUT2D eigenvalue weighted by molar-refractivity contribution is 5.99. The molecule has 26 heavy (non-hydrogen) atoms. The molecule has 2 heterocycles. The molecule has 8 heteroatoms. The number of hydrogen-bond donors (Lipinski definition) is 1. The number of carbonyl (C=O) groups excluding carboxylic acids is 2. The third kappa shape index (κ3) is 3.19. The summed E-state index contributed by atoms with van der Waals surface area (Å²) in [6.45, 7) is 2.19. The van der Waals surface area contributed by atoms with Crippen LogP contribution in [0.15, 0.2) is 18.2 Å². The number of hydrogen-bond acceptors (Lipinski definition) is 4. The predicted molar refractivity (Wildman–Crippen MR) is 87.0 cm³/mol. The van der Waals surface area contributed by atoms with Crippen LogP contribution in [0.1, 0.15) is 19.3 Å². The van der Waals surface area contributed by atoms with Crippen LogP contribution >= 0.6 is 0 Å². The minimum atomic E-state index is -0.834. The largest absolute Gasteiger partial charge is 0.347 e. The standard InChI is InChI=1S/C18H20F2N2O4/c19-13-2-1-3-14(20)15(13)21-16(23)11-10-12(11)17(24)22-6-4-18(5-7-22)25-8-9-26-18/h1-3,11-12H,4-10H2,(H,21,23). The number of nitrogens with zero attached hydrogens (tertiary/aromatic N) is 1. The van der Waals surface area contributed by atoms with E-state index in [-0.39, 0.29) is 5.91 Å². The van der Waals surface area contributed by atoms with Gasteiger partial charge in [0.2, 0.25) is 11.8 Å². The molecular weight excluding hydrogens is 346 g/mol. The Labute approximate surface area is 149 Å². The zero-order valence-corrected chi connectivity index (χ0v) is 14.2. The number of piperidine rings is 1. The highest BCUT2D eigenvalue weighted by Gasteiger charge is 2.51. The van der Waals surface area contributed by atoms with E-state index in [4.69, 9.17) is 9.47 Å². The smallest absolute Gasteiger partial charge is 0.228 e. The van der Waals surface area contributed by atoms with Crippen LogP contribution in [0.25, 0.3) is 0 Å². The Kier molecular flexibility index (Phi) is 4.40. The second-order valence-corrected chi connectivity index (χ2v) is 6.97. The van der Waals surface area contributed by atoms with Crippen LogP contribution in [-0.4, -0.2) is 48.8 Å². The van der Waals surface area contributed by atoms with Crippen molar-refractivity contribution < 1.29 is 27.8 Å². The normalized spacial score (nSPS) is 26.8. The van der Waals surface area contributed by atoms with Crippen molar-refractivity contribution in [3.05, 3.63) is 29.8 Å². The van der Waals surface area contributed by atoms with Gasteiger partial charge in [0.25, 0.3) is 0 Å². The first-order chi connectivity index (χ1) is 12.5.